The van der Waals surface area contributed by atoms with E-state index in [1.165, 1.54) is 0 Å². The smallest absolute Gasteiger partial charge is 0.222 e. The molecule has 0 amide bonds. The summed E-state index contributed by atoms with van der Waals surface area (Å²) in [5, 5.41) is 11.7. The van der Waals surface area contributed by atoms with Gasteiger partial charge in [-0.2, -0.15) is 0 Å². The fourth-order valence-electron chi connectivity index (χ4n) is 1.02. The second-order valence-corrected chi connectivity index (χ2v) is 4.18. The van der Waals surface area contributed by atoms with Crippen molar-refractivity contribution in [3.05, 3.63) is 16.0 Å². The van der Waals surface area contributed by atoms with Crippen LogP contribution in [0.1, 0.15) is 19.3 Å². The van der Waals surface area contributed by atoms with Gasteiger partial charge < -0.3 is 10.4 Å². The molecule has 5 heteroatoms. The molecule has 0 aliphatic rings. The van der Waals surface area contributed by atoms with Crippen molar-refractivity contribution in [2.24, 2.45) is 0 Å². The summed E-state index contributed by atoms with van der Waals surface area (Å²) in [6.07, 6.45) is 6.51. The van der Waals surface area contributed by atoms with Crippen LogP contribution in [0.4, 0.5) is 5.95 Å². The number of nitrogens with one attached hydrogen (secondary N) is 1. The average molecular weight is 307 g/mol. The summed E-state index contributed by atoms with van der Waals surface area (Å²) in [5.74, 6) is 0.675. The topological polar surface area (TPSA) is 58.0 Å². The molecular weight excluding hydrogens is 293 g/mol. The number of aromatic nitrogens is 2. The normalized spacial score (nSPS) is 10.1. The number of rotatable bonds is 6. The lowest BCUT2D eigenvalue weighted by Gasteiger charge is -2.03. The Kier molecular flexibility index (Phi) is 5.77. The minimum absolute atomic E-state index is 0.278. The van der Waals surface area contributed by atoms with Gasteiger partial charge in [-0.15, -0.1) is 0 Å². The molecule has 1 rings (SSSR count). The largest absolute Gasteiger partial charge is 0.396 e. The van der Waals surface area contributed by atoms with E-state index < -0.39 is 0 Å². The third-order valence-electron chi connectivity index (χ3n) is 1.74. The molecule has 0 bridgehead atoms. The highest BCUT2D eigenvalue weighted by Crippen LogP contribution is 2.03. The lowest BCUT2D eigenvalue weighted by atomic mass is 10.2. The van der Waals surface area contributed by atoms with E-state index in [2.05, 4.69) is 37.9 Å². The first-order chi connectivity index (χ1) is 6.83. The van der Waals surface area contributed by atoms with Gasteiger partial charge in [0.05, 0.1) is 0 Å². The van der Waals surface area contributed by atoms with Crippen molar-refractivity contribution >= 4 is 28.5 Å². The first-order valence-corrected chi connectivity index (χ1v) is 5.73. The second kappa shape index (κ2) is 6.94. The Hall–Kier alpha value is -0.430. The van der Waals surface area contributed by atoms with Crippen molar-refractivity contribution in [1.82, 2.24) is 9.97 Å². The third kappa shape index (κ3) is 4.71. The molecule has 0 aliphatic heterocycles. The molecule has 0 spiro atoms. The minimum atomic E-state index is 0.278. The Labute approximate surface area is 97.3 Å². The van der Waals surface area contributed by atoms with Crippen LogP contribution >= 0.6 is 22.6 Å². The summed E-state index contributed by atoms with van der Waals surface area (Å²) in [4.78, 5) is 8.23. The van der Waals surface area contributed by atoms with Gasteiger partial charge in [-0.3, -0.25) is 0 Å². The number of halogens is 1. The fourth-order valence-corrected chi connectivity index (χ4v) is 1.30. The van der Waals surface area contributed by atoms with Gasteiger partial charge in [-0.1, -0.05) is 0 Å². The van der Waals surface area contributed by atoms with Crippen LogP contribution in [0.3, 0.4) is 0 Å². The van der Waals surface area contributed by atoms with Crippen molar-refractivity contribution in [3.8, 4) is 0 Å². The molecule has 78 valence electrons. The summed E-state index contributed by atoms with van der Waals surface area (Å²) >= 11 is 2.17. The highest BCUT2D eigenvalue weighted by atomic mass is 127. The van der Waals surface area contributed by atoms with Gasteiger partial charge in [0.1, 0.15) is 0 Å². The number of anilines is 1. The van der Waals surface area contributed by atoms with Gasteiger partial charge >= 0.3 is 0 Å². The van der Waals surface area contributed by atoms with Crippen molar-refractivity contribution < 1.29 is 5.11 Å². The monoisotopic (exact) mass is 307 g/mol. The summed E-state index contributed by atoms with van der Waals surface area (Å²) in [6, 6.07) is 0. The molecule has 1 aromatic heterocycles. The third-order valence-corrected chi connectivity index (χ3v) is 2.30. The van der Waals surface area contributed by atoms with Crippen molar-refractivity contribution in [2.45, 2.75) is 19.3 Å². The summed E-state index contributed by atoms with van der Waals surface area (Å²) in [7, 11) is 0. The predicted molar refractivity (Wildman–Crippen MR) is 64.2 cm³/mol. The van der Waals surface area contributed by atoms with Gasteiger partial charge in [-0.25, -0.2) is 9.97 Å². The molecule has 0 radical (unpaired) electrons. The molecule has 0 saturated heterocycles. The van der Waals surface area contributed by atoms with E-state index in [1.54, 1.807) is 12.4 Å². The van der Waals surface area contributed by atoms with E-state index >= 15 is 0 Å². The molecule has 0 aliphatic carbocycles. The van der Waals surface area contributed by atoms with Crippen LogP contribution in [0.5, 0.6) is 0 Å². The summed E-state index contributed by atoms with van der Waals surface area (Å²) < 4.78 is 1.04. The number of unbranched alkanes of at least 4 members (excludes halogenated alkanes) is 2. The molecule has 1 aromatic rings. The summed E-state index contributed by atoms with van der Waals surface area (Å²) in [6.45, 7) is 1.14. The zero-order valence-electron chi connectivity index (χ0n) is 7.91. The lowest BCUT2D eigenvalue weighted by molar-refractivity contribution is 0.283. The average Bonchev–Trinajstić information content (AvgIpc) is 2.21. The van der Waals surface area contributed by atoms with E-state index in [1.807, 2.05) is 0 Å². The molecule has 0 aromatic carbocycles. The maximum absolute atomic E-state index is 8.57. The molecule has 0 atom stereocenters. The second-order valence-electron chi connectivity index (χ2n) is 2.94. The Morgan fingerprint density at radius 3 is 2.57 bits per heavy atom. The van der Waals surface area contributed by atoms with E-state index in [0.717, 1.165) is 29.4 Å². The SMILES string of the molecule is OCCCCCNc1ncc(I)cn1. The first kappa shape index (κ1) is 11.6. The van der Waals surface area contributed by atoms with Gasteiger partial charge in [0.2, 0.25) is 5.95 Å². The van der Waals surface area contributed by atoms with Gasteiger partial charge in [0.15, 0.2) is 0 Å². The van der Waals surface area contributed by atoms with E-state index in [0.29, 0.717) is 5.95 Å². The zero-order valence-corrected chi connectivity index (χ0v) is 10.1. The molecule has 4 nitrogen and oxygen atoms in total. The van der Waals surface area contributed by atoms with E-state index in [-0.39, 0.29) is 6.61 Å². The standard InChI is InChI=1S/C9H14IN3O/c10-8-6-12-9(13-7-8)11-4-2-1-3-5-14/h6-7,14H,1-5H2,(H,11,12,13). The van der Waals surface area contributed by atoms with Crippen LogP contribution < -0.4 is 5.32 Å². The van der Waals surface area contributed by atoms with Crippen LogP contribution in [-0.4, -0.2) is 28.2 Å². The highest BCUT2D eigenvalue weighted by molar-refractivity contribution is 14.1. The number of hydrogen-bond donors (Lipinski definition) is 2. The maximum atomic E-state index is 8.57. The number of hydrogen-bond acceptors (Lipinski definition) is 4. The van der Waals surface area contributed by atoms with Crippen LogP contribution in [0.15, 0.2) is 12.4 Å². The van der Waals surface area contributed by atoms with Crippen molar-refractivity contribution in [1.29, 1.82) is 0 Å². The minimum Gasteiger partial charge on any atom is -0.396 e. The quantitative estimate of drug-likeness (QED) is 0.620. The van der Waals surface area contributed by atoms with E-state index in [4.69, 9.17) is 5.11 Å². The lowest BCUT2D eigenvalue weighted by Crippen LogP contribution is -2.05. The van der Waals surface area contributed by atoms with Gasteiger partial charge in [0.25, 0.3) is 0 Å². The first-order valence-electron chi connectivity index (χ1n) is 4.65. The number of aliphatic hydroxyl groups is 1. The Morgan fingerprint density at radius 1 is 1.21 bits per heavy atom. The molecule has 1 heterocycles. The Morgan fingerprint density at radius 2 is 1.93 bits per heavy atom. The highest BCUT2D eigenvalue weighted by Gasteiger charge is 1.94. The van der Waals surface area contributed by atoms with Crippen LogP contribution in [0.25, 0.3) is 0 Å². The van der Waals surface area contributed by atoms with Crippen LogP contribution in [-0.2, 0) is 0 Å². The molecule has 0 fully saturated rings. The molecule has 14 heavy (non-hydrogen) atoms. The molecular formula is C9H14IN3O. The summed E-state index contributed by atoms with van der Waals surface area (Å²) in [5.41, 5.74) is 0. The fraction of sp³-hybridized carbons (Fsp3) is 0.556. The van der Waals surface area contributed by atoms with Gasteiger partial charge in [-0.05, 0) is 41.9 Å². The Balaban J connectivity index is 2.15. The Bertz CT molecular complexity index is 253. The number of aliphatic hydroxyl groups excluding tert-OH is 1. The zero-order chi connectivity index (χ0) is 10.2. The van der Waals surface area contributed by atoms with E-state index in [9.17, 15) is 0 Å². The molecule has 0 saturated carbocycles. The predicted octanol–water partition coefficient (Wildman–Crippen LogP) is 1.66. The van der Waals surface area contributed by atoms with Crippen LogP contribution in [0.2, 0.25) is 0 Å². The van der Waals surface area contributed by atoms with Crippen molar-refractivity contribution in [3.63, 3.8) is 0 Å². The van der Waals surface area contributed by atoms with Crippen LogP contribution in [0, 0.1) is 3.57 Å². The maximum Gasteiger partial charge on any atom is 0.222 e. The molecule has 2 N–H and O–H groups in total. The molecule has 0 unspecified atom stereocenters. The number of nitrogens with zero attached hydrogens (tertiary/aromatic N) is 2. The van der Waals surface area contributed by atoms with Gasteiger partial charge in [0, 0.05) is 29.1 Å². The van der Waals surface area contributed by atoms with Crippen molar-refractivity contribution in [2.75, 3.05) is 18.5 Å².